The number of nitrogens with two attached hydrogens (primary N) is 1. The van der Waals surface area contributed by atoms with Crippen molar-refractivity contribution in [2.75, 3.05) is 0 Å². The van der Waals surface area contributed by atoms with Gasteiger partial charge in [-0.1, -0.05) is 29.3 Å². The standard InChI is InChI=1S/C13H18BrFN2O2S/c1-8-3-2-4-11(8)17-20(18,19)12-6-10(14)5-9(7-16)13(12)15/h5-6,8,11,17H,2-4,7,16H2,1H3. The molecule has 0 radical (unpaired) electrons. The van der Waals surface area contributed by atoms with Crippen LogP contribution in [0.1, 0.15) is 31.7 Å². The SMILES string of the molecule is CC1CCCC1NS(=O)(=O)c1cc(Br)cc(CN)c1F. The molecule has 0 aromatic heterocycles. The molecule has 0 aliphatic heterocycles. The monoisotopic (exact) mass is 364 g/mol. The molecule has 1 aromatic rings. The molecule has 2 rings (SSSR count). The van der Waals surface area contributed by atoms with E-state index in [0.717, 1.165) is 19.3 Å². The highest BCUT2D eigenvalue weighted by Crippen LogP contribution is 2.28. The lowest BCUT2D eigenvalue weighted by atomic mass is 10.1. The topological polar surface area (TPSA) is 72.2 Å². The molecule has 4 nitrogen and oxygen atoms in total. The fraction of sp³-hybridized carbons (Fsp3) is 0.538. The first-order chi connectivity index (χ1) is 9.35. The summed E-state index contributed by atoms with van der Waals surface area (Å²) >= 11 is 3.19. The second kappa shape index (κ2) is 6.09. The van der Waals surface area contributed by atoms with Crippen LogP contribution in [0.5, 0.6) is 0 Å². The Balaban J connectivity index is 2.36. The molecule has 0 saturated heterocycles. The first kappa shape index (κ1) is 15.9. The molecule has 3 N–H and O–H groups in total. The molecule has 1 fully saturated rings. The predicted octanol–water partition coefficient (Wildman–Crippen LogP) is 2.51. The van der Waals surface area contributed by atoms with Crippen LogP contribution in [0.15, 0.2) is 21.5 Å². The number of hydrogen-bond donors (Lipinski definition) is 2. The van der Waals surface area contributed by atoms with Crippen LogP contribution < -0.4 is 10.5 Å². The van der Waals surface area contributed by atoms with Gasteiger partial charge in [-0.3, -0.25) is 0 Å². The molecule has 0 heterocycles. The zero-order valence-electron chi connectivity index (χ0n) is 11.2. The van der Waals surface area contributed by atoms with E-state index in [0.29, 0.717) is 4.47 Å². The summed E-state index contributed by atoms with van der Waals surface area (Å²) in [6.07, 6.45) is 2.77. The molecule has 1 saturated carbocycles. The molecule has 1 aromatic carbocycles. The zero-order chi connectivity index (χ0) is 14.9. The largest absolute Gasteiger partial charge is 0.326 e. The lowest BCUT2D eigenvalue weighted by Gasteiger charge is -2.18. The minimum absolute atomic E-state index is 0.0480. The Bertz CT molecular complexity index is 607. The number of rotatable bonds is 4. The van der Waals surface area contributed by atoms with Crippen molar-refractivity contribution in [3.05, 3.63) is 28.0 Å². The minimum atomic E-state index is -3.87. The number of sulfonamides is 1. The first-order valence-electron chi connectivity index (χ1n) is 6.55. The molecule has 7 heteroatoms. The van der Waals surface area contributed by atoms with E-state index in [1.54, 1.807) is 0 Å². The fourth-order valence-corrected chi connectivity index (χ4v) is 4.73. The lowest BCUT2D eigenvalue weighted by molar-refractivity contribution is 0.472. The van der Waals surface area contributed by atoms with Gasteiger partial charge >= 0.3 is 0 Å². The van der Waals surface area contributed by atoms with E-state index in [-0.39, 0.29) is 29.0 Å². The van der Waals surface area contributed by atoms with Gasteiger partial charge in [0.2, 0.25) is 10.0 Å². The van der Waals surface area contributed by atoms with Gasteiger partial charge in [-0.25, -0.2) is 17.5 Å². The van der Waals surface area contributed by atoms with Gasteiger partial charge in [-0.2, -0.15) is 0 Å². The number of halogens is 2. The number of hydrogen-bond acceptors (Lipinski definition) is 3. The quantitative estimate of drug-likeness (QED) is 0.861. The zero-order valence-corrected chi connectivity index (χ0v) is 13.6. The molecule has 2 unspecified atom stereocenters. The van der Waals surface area contributed by atoms with Gasteiger partial charge in [-0.05, 0) is 30.9 Å². The molecule has 0 amide bonds. The van der Waals surface area contributed by atoms with Gasteiger partial charge in [0.15, 0.2) is 0 Å². The van der Waals surface area contributed by atoms with Crippen molar-refractivity contribution >= 4 is 26.0 Å². The second-order valence-electron chi connectivity index (χ2n) is 5.22. The third-order valence-electron chi connectivity index (χ3n) is 3.76. The van der Waals surface area contributed by atoms with Gasteiger partial charge < -0.3 is 5.73 Å². The van der Waals surface area contributed by atoms with Gasteiger partial charge in [0.25, 0.3) is 0 Å². The van der Waals surface area contributed by atoms with Crippen molar-refractivity contribution < 1.29 is 12.8 Å². The Kier molecular flexibility index (Phi) is 4.84. The van der Waals surface area contributed by atoms with Gasteiger partial charge in [0.1, 0.15) is 10.7 Å². The molecular weight excluding hydrogens is 347 g/mol. The highest BCUT2D eigenvalue weighted by Gasteiger charge is 2.30. The van der Waals surface area contributed by atoms with Crippen molar-refractivity contribution in [1.29, 1.82) is 0 Å². The van der Waals surface area contributed by atoms with Crippen molar-refractivity contribution in [3.63, 3.8) is 0 Å². The highest BCUT2D eigenvalue weighted by atomic mass is 79.9. The maximum absolute atomic E-state index is 14.2. The van der Waals surface area contributed by atoms with Crippen LogP contribution in [0.2, 0.25) is 0 Å². The van der Waals surface area contributed by atoms with Crippen molar-refractivity contribution in [3.8, 4) is 0 Å². The Morgan fingerprint density at radius 2 is 2.15 bits per heavy atom. The summed E-state index contributed by atoms with van der Waals surface area (Å²) < 4.78 is 42.0. The maximum atomic E-state index is 14.2. The third kappa shape index (κ3) is 3.21. The summed E-state index contributed by atoms with van der Waals surface area (Å²) in [5.41, 5.74) is 5.62. The summed E-state index contributed by atoms with van der Waals surface area (Å²) in [6.45, 7) is 1.95. The number of nitrogens with one attached hydrogen (secondary N) is 1. The van der Waals surface area contributed by atoms with Crippen LogP contribution in [0.4, 0.5) is 4.39 Å². The highest BCUT2D eigenvalue weighted by molar-refractivity contribution is 9.10. The van der Waals surface area contributed by atoms with Crippen LogP contribution in [-0.2, 0) is 16.6 Å². The predicted molar refractivity (Wildman–Crippen MR) is 79.1 cm³/mol. The van der Waals surface area contributed by atoms with Crippen LogP contribution in [0.25, 0.3) is 0 Å². The summed E-state index contributed by atoms with van der Waals surface area (Å²) in [4.78, 5) is -0.341. The van der Waals surface area contributed by atoms with E-state index in [2.05, 4.69) is 20.7 Å². The Hall–Kier alpha value is -0.500. The van der Waals surface area contributed by atoms with Gasteiger partial charge in [0.05, 0.1) is 0 Å². The molecule has 1 aliphatic carbocycles. The Labute approximate surface area is 127 Å². The molecule has 2 atom stereocenters. The van der Waals surface area contributed by atoms with E-state index in [9.17, 15) is 12.8 Å². The normalized spacial score (nSPS) is 23.2. The number of benzene rings is 1. The smallest absolute Gasteiger partial charge is 0.243 e. The van der Waals surface area contributed by atoms with Crippen molar-refractivity contribution in [1.82, 2.24) is 4.72 Å². The minimum Gasteiger partial charge on any atom is -0.326 e. The third-order valence-corrected chi connectivity index (χ3v) is 5.70. The van der Waals surface area contributed by atoms with E-state index >= 15 is 0 Å². The van der Waals surface area contributed by atoms with E-state index in [4.69, 9.17) is 5.73 Å². The summed E-state index contributed by atoms with van der Waals surface area (Å²) in [5, 5.41) is 0. The average molecular weight is 365 g/mol. The molecule has 0 bridgehead atoms. The van der Waals surface area contributed by atoms with Crippen molar-refractivity contribution in [2.45, 2.75) is 43.7 Å². The van der Waals surface area contributed by atoms with E-state index in [1.807, 2.05) is 6.92 Å². The van der Waals surface area contributed by atoms with E-state index in [1.165, 1.54) is 12.1 Å². The maximum Gasteiger partial charge on any atom is 0.243 e. The lowest BCUT2D eigenvalue weighted by Crippen LogP contribution is -2.37. The van der Waals surface area contributed by atoms with Crippen molar-refractivity contribution in [2.24, 2.45) is 11.7 Å². The second-order valence-corrected chi connectivity index (χ2v) is 7.82. The molecule has 0 spiro atoms. The Morgan fingerprint density at radius 1 is 1.45 bits per heavy atom. The molecular formula is C13H18BrFN2O2S. The fourth-order valence-electron chi connectivity index (χ4n) is 2.55. The Morgan fingerprint density at radius 3 is 2.70 bits per heavy atom. The van der Waals surface area contributed by atoms with E-state index < -0.39 is 15.8 Å². The van der Waals surface area contributed by atoms with Crippen LogP contribution >= 0.6 is 15.9 Å². The molecule has 20 heavy (non-hydrogen) atoms. The van der Waals surface area contributed by atoms with Crippen LogP contribution in [0, 0.1) is 11.7 Å². The first-order valence-corrected chi connectivity index (χ1v) is 8.83. The van der Waals surface area contributed by atoms with Crippen LogP contribution in [0.3, 0.4) is 0 Å². The summed E-state index contributed by atoms with van der Waals surface area (Å²) in [6, 6.07) is 2.64. The van der Waals surface area contributed by atoms with Gasteiger partial charge in [-0.15, -0.1) is 0 Å². The molecule has 1 aliphatic rings. The van der Waals surface area contributed by atoms with Crippen LogP contribution in [-0.4, -0.2) is 14.5 Å². The summed E-state index contributed by atoms with van der Waals surface area (Å²) in [7, 11) is -3.87. The molecule has 112 valence electrons. The van der Waals surface area contributed by atoms with Gasteiger partial charge in [0, 0.05) is 22.6 Å². The average Bonchev–Trinajstić information content (AvgIpc) is 2.76. The summed E-state index contributed by atoms with van der Waals surface area (Å²) in [5.74, 6) is -0.497.